The third kappa shape index (κ3) is 8.33. The summed E-state index contributed by atoms with van der Waals surface area (Å²) < 4.78 is 5.46. The van der Waals surface area contributed by atoms with E-state index in [0.29, 0.717) is 13.1 Å². The highest BCUT2D eigenvalue weighted by molar-refractivity contribution is 5.79. The lowest BCUT2D eigenvalue weighted by molar-refractivity contribution is 0.0257. The van der Waals surface area contributed by atoms with Crippen LogP contribution in [0.4, 0.5) is 0 Å². The minimum absolute atomic E-state index is 0.524. The van der Waals surface area contributed by atoms with Gasteiger partial charge in [-0.25, -0.2) is 4.99 Å². The maximum atomic E-state index is 10.9. The highest BCUT2D eigenvalue weighted by atomic mass is 16.5. The fraction of sp³-hybridized carbons (Fsp3) is 0.696. The maximum Gasteiger partial charge on any atom is 0.191 e. The van der Waals surface area contributed by atoms with Gasteiger partial charge in [-0.1, -0.05) is 51.0 Å². The molecular formula is C23H40N4O2. The van der Waals surface area contributed by atoms with Gasteiger partial charge in [0.2, 0.25) is 0 Å². The minimum atomic E-state index is -0.673. The van der Waals surface area contributed by atoms with Crippen LogP contribution in [-0.4, -0.2) is 61.0 Å². The summed E-state index contributed by atoms with van der Waals surface area (Å²) in [7, 11) is 0. The number of rotatable bonds is 11. The summed E-state index contributed by atoms with van der Waals surface area (Å²) in [5, 5.41) is 17.6. The first-order valence-corrected chi connectivity index (χ1v) is 11.2. The highest BCUT2D eigenvalue weighted by Crippen LogP contribution is 2.18. The van der Waals surface area contributed by atoms with Crippen LogP contribution in [-0.2, 0) is 17.8 Å². The first kappa shape index (κ1) is 23.6. The predicted molar refractivity (Wildman–Crippen MR) is 120 cm³/mol. The topological polar surface area (TPSA) is 69.1 Å². The largest absolute Gasteiger partial charge is 0.388 e. The van der Waals surface area contributed by atoms with Crippen LogP contribution in [0.3, 0.4) is 0 Å². The Hall–Kier alpha value is -1.63. The number of nitrogens with zero attached hydrogens (tertiary/aromatic N) is 2. The minimum Gasteiger partial charge on any atom is -0.388 e. The molecule has 1 saturated heterocycles. The molecule has 1 aromatic rings. The third-order valence-corrected chi connectivity index (χ3v) is 5.38. The van der Waals surface area contributed by atoms with Gasteiger partial charge in [-0.05, 0) is 30.9 Å². The van der Waals surface area contributed by atoms with Crippen molar-refractivity contribution in [3.8, 4) is 0 Å². The second-order valence-electron chi connectivity index (χ2n) is 7.93. The molecule has 0 unspecified atom stereocenters. The summed E-state index contributed by atoms with van der Waals surface area (Å²) in [5.41, 5.74) is 1.89. The summed E-state index contributed by atoms with van der Waals surface area (Å²) >= 11 is 0. The molecule has 1 heterocycles. The SMILES string of the molecule is CCCC(O)(CCC)CNC(=NCc1ccccc1CN1CCOCC1)NCC. The van der Waals surface area contributed by atoms with Gasteiger partial charge in [-0.3, -0.25) is 4.90 Å². The summed E-state index contributed by atoms with van der Waals surface area (Å²) in [6.45, 7) is 12.8. The zero-order valence-electron chi connectivity index (χ0n) is 18.5. The monoisotopic (exact) mass is 404 g/mol. The van der Waals surface area contributed by atoms with E-state index in [-0.39, 0.29) is 0 Å². The molecule has 3 N–H and O–H groups in total. The van der Waals surface area contributed by atoms with Crippen LogP contribution in [0, 0.1) is 0 Å². The van der Waals surface area contributed by atoms with E-state index in [9.17, 15) is 5.11 Å². The van der Waals surface area contributed by atoms with E-state index in [2.05, 4.69) is 60.6 Å². The number of morpholine rings is 1. The molecule has 0 amide bonds. The molecule has 1 aliphatic rings. The van der Waals surface area contributed by atoms with Gasteiger partial charge in [0.15, 0.2) is 5.96 Å². The molecule has 1 aromatic carbocycles. The number of hydrogen-bond acceptors (Lipinski definition) is 4. The number of benzene rings is 1. The number of aliphatic hydroxyl groups is 1. The highest BCUT2D eigenvalue weighted by Gasteiger charge is 2.25. The average molecular weight is 405 g/mol. The van der Waals surface area contributed by atoms with Crippen LogP contribution in [0.15, 0.2) is 29.3 Å². The van der Waals surface area contributed by atoms with Crippen LogP contribution < -0.4 is 10.6 Å². The van der Waals surface area contributed by atoms with Crippen molar-refractivity contribution in [2.75, 3.05) is 39.4 Å². The van der Waals surface area contributed by atoms with Crippen LogP contribution in [0.5, 0.6) is 0 Å². The standard InChI is InChI=1S/C23H40N4O2/c1-4-11-23(28,12-5-2)19-26-22(24-6-3)25-17-20-9-7-8-10-21(20)18-27-13-15-29-16-14-27/h7-10,28H,4-6,11-19H2,1-3H3,(H2,24,25,26). The van der Waals surface area contributed by atoms with Crippen LogP contribution >= 0.6 is 0 Å². The molecule has 0 saturated carbocycles. The van der Waals surface area contributed by atoms with Crippen molar-refractivity contribution in [2.45, 2.75) is 65.1 Å². The van der Waals surface area contributed by atoms with Crippen molar-refractivity contribution < 1.29 is 9.84 Å². The fourth-order valence-electron chi connectivity index (χ4n) is 3.85. The molecule has 0 radical (unpaired) electrons. The van der Waals surface area contributed by atoms with E-state index in [0.717, 1.165) is 71.0 Å². The lowest BCUT2D eigenvalue weighted by atomic mass is 9.93. The molecule has 0 aliphatic carbocycles. The van der Waals surface area contributed by atoms with Crippen molar-refractivity contribution in [1.29, 1.82) is 0 Å². The Balaban J connectivity index is 2.02. The zero-order chi connectivity index (χ0) is 21.0. The van der Waals surface area contributed by atoms with Gasteiger partial charge >= 0.3 is 0 Å². The lowest BCUT2D eigenvalue weighted by Gasteiger charge is -2.28. The molecule has 0 aromatic heterocycles. The number of guanidine groups is 1. The fourth-order valence-corrected chi connectivity index (χ4v) is 3.85. The van der Waals surface area contributed by atoms with Gasteiger partial charge in [0, 0.05) is 32.7 Å². The quantitative estimate of drug-likeness (QED) is 0.391. The smallest absolute Gasteiger partial charge is 0.191 e. The predicted octanol–water partition coefficient (Wildman–Crippen LogP) is 2.91. The van der Waals surface area contributed by atoms with Crippen LogP contribution in [0.1, 0.15) is 57.6 Å². The summed E-state index contributed by atoms with van der Waals surface area (Å²) in [5.74, 6) is 0.763. The van der Waals surface area contributed by atoms with Crippen molar-refractivity contribution in [1.82, 2.24) is 15.5 Å². The van der Waals surface area contributed by atoms with Crippen LogP contribution in [0.2, 0.25) is 0 Å². The molecule has 6 heteroatoms. The summed E-state index contributed by atoms with van der Waals surface area (Å²) in [6, 6.07) is 8.53. The normalized spacial score (nSPS) is 16.1. The number of ether oxygens (including phenoxy) is 1. The molecule has 0 spiro atoms. The van der Waals surface area contributed by atoms with Crippen molar-refractivity contribution >= 4 is 5.96 Å². The third-order valence-electron chi connectivity index (χ3n) is 5.38. The Morgan fingerprint density at radius 2 is 1.72 bits per heavy atom. The van der Waals surface area contributed by atoms with Gasteiger partial charge in [0.1, 0.15) is 0 Å². The molecule has 29 heavy (non-hydrogen) atoms. The van der Waals surface area contributed by atoms with E-state index in [4.69, 9.17) is 9.73 Å². The van der Waals surface area contributed by atoms with E-state index in [1.165, 1.54) is 11.1 Å². The molecule has 6 nitrogen and oxygen atoms in total. The molecule has 0 atom stereocenters. The lowest BCUT2D eigenvalue weighted by Crippen LogP contribution is -2.47. The number of nitrogens with one attached hydrogen (secondary N) is 2. The Bertz CT molecular complexity index is 609. The molecule has 2 rings (SSSR count). The Kier molecular flexibility index (Phi) is 10.5. The second-order valence-corrected chi connectivity index (χ2v) is 7.93. The second kappa shape index (κ2) is 12.8. The summed E-state index contributed by atoms with van der Waals surface area (Å²) in [4.78, 5) is 7.24. The van der Waals surface area contributed by atoms with E-state index in [1.54, 1.807) is 0 Å². The van der Waals surface area contributed by atoms with Crippen molar-refractivity contribution in [2.24, 2.45) is 4.99 Å². The number of hydrogen-bond donors (Lipinski definition) is 3. The molecule has 164 valence electrons. The number of aliphatic imine (C=N–C) groups is 1. The van der Waals surface area contributed by atoms with Gasteiger partial charge in [-0.2, -0.15) is 0 Å². The van der Waals surface area contributed by atoms with Gasteiger partial charge in [0.05, 0.1) is 25.4 Å². The van der Waals surface area contributed by atoms with E-state index < -0.39 is 5.60 Å². The molecular weight excluding hydrogens is 364 g/mol. The van der Waals surface area contributed by atoms with Crippen LogP contribution in [0.25, 0.3) is 0 Å². The molecule has 0 bridgehead atoms. The van der Waals surface area contributed by atoms with E-state index in [1.807, 2.05) is 0 Å². The van der Waals surface area contributed by atoms with Gasteiger partial charge in [0.25, 0.3) is 0 Å². The Morgan fingerprint density at radius 1 is 1.07 bits per heavy atom. The van der Waals surface area contributed by atoms with Gasteiger partial charge < -0.3 is 20.5 Å². The average Bonchev–Trinajstić information content (AvgIpc) is 2.72. The first-order valence-electron chi connectivity index (χ1n) is 11.2. The van der Waals surface area contributed by atoms with Gasteiger partial charge in [-0.15, -0.1) is 0 Å². The Labute approximate surface area is 176 Å². The molecule has 1 fully saturated rings. The van der Waals surface area contributed by atoms with Crippen molar-refractivity contribution in [3.05, 3.63) is 35.4 Å². The Morgan fingerprint density at radius 3 is 2.34 bits per heavy atom. The first-order chi connectivity index (χ1) is 14.1. The van der Waals surface area contributed by atoms with E-state index >= 15 is 0 Å². The zero-order valence-corrected chi connectivity index (χ0v) is 18.5. The molecule has 1 aliphatic heterocycles. The van der Waals surface area contributed by atoms with Crippen molar-refractivity contribution in [3.63, 3.8) is 0 Å². The summed E-state index contributed by atoms with van der Waals surface area (Å²) in [6.07, 6.45) is 3.55. The maximum absolute atomic E-state index is 10.9.